The molecule has 2 nitrogen and oxygen atoms in total. The molecule has 2 aliphatic rings. The molecule has 2 aliphatic heterocycles. The van der Waals surface area contributed by atoms with Gasteiger partial charge in [0.2, 0.25) is 0 Å². The number of anilines is 1. The van der Waals surface area contributed by atoms with Gasteiger partial charge in [0.1, 0.15) is 0 Å². The molecular formula is C15H22N2. The third-order valence-corrected chi connectivity index (χ3v) is 4.54. The number of rotatable bonds is 1. The predicted molar refractivity (Wildman–Crippen MR) is 72.4 cm³/mol. The number of aryl methyl sites for hydroxylation is 2. The van der Waals surface area contributed by atoms with Crippen molar-refractivity contribution < 1.29 is 0 Å². The highest BCUT2D eigenvalue weighted by Crippen LogP contribution is 2.39. The minimum absolute atomic E-state index is 0.697. The number of nitrogens with two attached hydrogens (primary N) is 1. The topological polar surface area (TPSA) is 29.3 Å². The summed E-state index contributed by atoms with van der Waals surface area (Å²) in [4.78, 5) is 2.65. The highest BCUT2D eigenvalue weighted by molar-refractivity contribution is 5.62. The van der Waals surface area contributed by atoms with Crippen molar-refractivity contribution in [3.05, 3.63) is 29.3 Å². The van der Waals surface area contributed by atoms with Crippen LogP contribution in [0.2, 0.25) is 0 Å². The lowest BCUT2D eigenvalue weighted by atomic mass is 9.81. The van der Waals surface area contributed by atoms with Gasteiger partial charge in [-0.3, -0.25) is 0 Å². The van der Waals surface area contributed by atoms with Crippen molar-refractivity contribution >= 4 is 5.69 Å². The first kappa shape index (κ1) is 11.1. The molecule has 92 valence electrons. The summed E-state index contributed by atoms with van der Waals surface area (Å²) in [5.41, 5.74) is 10.4. The molecule has 1 saturated heterocycles. The number of hydrogen-bond acceptors (Lipinski definition) is 2. The molecule has 2 heterocycles. The van der Waals surface area contributed by atoms with Crippen molar-refractivity contribution in [3.63, 3.8) is 0 Å². The smallest absolute Gasteiger partial charge is 0.0431 e. The Kier molecular flexibility index (Phi) is 2.83. The second kappa shape index (κ2) is 4.34. The van der Waals surface area contributed by atoms with E-state index >= 15 is 0 Å². The third kappa shape index (κ3) is 1.75. The number of piperidine rings is 1. The third-order valence-electron chi connectivity index (χ3n) is 4.54. The Morgan fingerprint density at radius 3 is 3.06 bits per heavy atom. The van der Waals surface area contributed by atoms with Crippen LogP contribution in [0.3, 0.4) is 0 Å². The van der Waals surface area contributed by atoms with E-state index in [1.807, 2.05) is 0 Å². The van der Waals surface area contributed by atoms with Crippen LogP contribution in [0.25, 0.3) is 0 Å². The van der Waals surface area contributed by atoms with Crippen LogP contribution in [-0.4, -0.2) is 19.1 Å². The minimum atomic E-state index is 0.697. The van der Waals surface area contributed by atoms with Gasteiger partial charge in [0, 0.05) is 18.3 Å². The van der Waals surface area contributed by atoms with Crippen molar-refractivity contribution in [3.8, 4) is 0 Å². The van der Waals surface area contributed by atoms with E-state index in [0.717, 1.165) is 6.54 Å². The van der Waals surface area contributed by atoms with E-state index in [9.17, 15) is 0 Å². The maximum absolute atomic E-state index is 5.94. The summed E-state index contributed by atoms with van der Waals surface area (Å²) in [6.45, 7) is 4.31. The van der Waals surface area contributed by atoms with Gasteiger partial charge < -0.3 is 10.6 Å². The molecule has 1 fully saturated rings. The van der Waals surface area contributed by atoms with E-state index in [4.69, 9.17) is 5.73 Å². The molecule has 2 unspecified atom stereocenters. The average Bonchev–Trinajstić information content (AvgIpc) is 2.37. The lowest BCUT2D eigenvalue weighted by Gasteiger charge is -2.47. The molecule has 0 bridgehead atoms. The largest absolute Gasteiger partial charge is 0.368 e. The SMILES string of the molecule is Cc1cccc2c1N1CCCC(CN)C1CC2. The average molecular weight is 230 g/mol. The summed E-state index contributed by atoms with van der Waals surface area (Å²) in [5, 5.41) is 0. The first-order valence-corrected chi connectivity index (χ1v) is 6.86. The highest BCUT2D eigenvalue weighted by atomic mass is 15.2. The zero-order chi connectivity index (χ0) is 11.8. The molecule has 1 aromatic carbocycles. The van der Waals surface area contributed by atoms with Gasteiger partial charge in [0.15, 0.2) is 0 Å². The van der Waals surface area contributed by atoms with E-state index in [1.54, 1.807) is 5.56 Å². The number of hydrogen-bond donors (Lipinski definition) is 1. The van der Waals surface area contributed by atoms with Gasteiger partial charge in [-0.15, -0.1) is 0 Å². The summed E-state index contributed by atoms with van der Waals surface area (Å²) in [5.74, 6) is 0.705. The summed E-state index contributed by atoms with van der Waals surface area (Å²) in [6, 6.07) is 7.43. The standard InChI is InChI=1S/C15H22N2/c1-11-4-2-5-12-7-8-14-13(10-16)6-3-9-17(14)15(11)12/h2,4-5,13-14H,3,6-10,16H2,1H3. The van der Waals surface area contributed by atoms with E-state index in [0.29, 0.717) is 12.0 Å². The lowest BCUT2D eigenvalue weighted by Crippen LogP contribution is -2.50. The molecule has 2 heteroatoms. The van der Waals surface area contributed by atoms with Crippen molar-refractivity contribution in [2.45, 2.75) is 38.6 Å². The molecule has 0 amide bonds. The van der Waals surface area contributed by atoms with Crippen molar-refractivity contribution in [1.29, 1.82) is 0 Å². The normalized spacial score (nSPS) is 27.5. The maximum Gasteiger partial charge on any atom is 0.0431 e. The van der Waals surface area contributed by atoms with Crippen LogP contribution in [0, 0.1) is 12.8 Å². The van der Waals surface area contributed by atoms with Gasteiger partial charge in [-0.05, 0) is 56.2 Å². The Labute approximate surface area is 104 Å². The van der Waals surface area contributed by atoms with Gasteiger partial charge in [0.05, 0.1) is 0 Å². The Balaban J connectivity index is 2.00. The number of fused-ring (bicyclic) bond motifs is 3. The molecule has 0 aromatic heterocycles. The molecule has 0 spiro atoms. The van der Waals surface area contributed by atoms with E-state index in [2.05, 4.69) is 30.0 Å². The van der Waals surface area contributed by atoms with Crippen LogP contribution in [0.15, 0.2) is 18.2 Å². The fourth-order valence-corrected chi connectivity index (χ4v) is 3.72. The van der Waals surface area contributed by atoms with Crippen LogP contribution in [0.1, 0.15) is 30.4 Å². The number of para-hydroxylation sites is 1. The molecule has 2 atom stereocenters. The monoisotopic (exact) mass is 230 g/mol. The first-order valence-electron chi connectivity index (χ1n) is 6.86. The number of nitrogens with zero attached hydrogens (tertiary/aromatic N) is 1. The Hall–Kier alpha value is -1.02. The summed E-state index contributed by atoms with van der Waals surface area (Å²) in [7, 11) is 0. The van der Waals surface area contributed by atoms with Crippen LogP contribution >= 0.6 is 0 Å². The quantitative estimate of drug-likeness (QED) is 0.803. The molecule has 0 aliphatic carbocycles. The fourth-order valence-electron chi connectivity index (χ4n) is 3.72. The fraction of sp³-hybridized carbons (Fsp3) is 0.600. The van der Waals surface area contributed by atoms with Gasteiger partial charge in [-0.25, -0.2) is 0 Å². The minimum Gasteiger partial charge on any atom is -0.368 e. The number of benzene rings is 1. The van der Waals surface area contributed by atoms with E-state index < -0.39 is 0 Å². The van der Waals surface area contributed by atoms with E-state index in [-0.39, 0.29) is 0 Å². The van der Waals surface area contributed by atoms with E-state index in [1.165, 1.54) is 43.5 Å². The van der Waals surface area contributed by atoms with Gasteiger partial charge in [-0.2, -0.15) is 0 Å². The van der Waals surface area contributed by atoms with Gasteiger partial charge in [0.25, 0.3) is 0 Å². The second-order valence-corrected chi connectivity index (χ2v) is 5.52. The van der Waals surface area contributed by atoms with Crippen molar-refractivity contribution in [2.75, 3.05) is 18.0 Å². The second-order valence-electron chi connectivity index (χ2n) is 5.52. The molecule has 3 rings (SSSR count). The lowest BCUT2D eigenvalue weighted by molar-refractivity contribution is 0.305. The first-order chi connectivity index (χ1) is 8.31. The molecular weight excluding hydrogens is 208 g/mol. The maximum atomic E-state index is 5.94. The molecule has 0 radical (unpaired) electrons. The van der Waals surface area contributed by atoms with Crippen LogP contribution in [-0.2, 0) is 6.42 Å². The van der Waals surface area contributed by atoms with Crippen molar-refractivity contribution in [2.24, 2.45) is 11.7 Å². The Bertz CT molecular complexity index is 413. The molecule has 0 saturated carbocycles. The molecule has 1 aromatic rings. The Morgan fingerprint density at radius 1 is 1.35 bits per heavy atom. The summed E-state index contributed by atoms with van der Waals surface area (Å²) < 4.78 is 0. The van der Waals surface area contributed by atoms with Crippen LogP contribution < -0.4 is 10.6 Å². The van der Waals surface area contributed by atoms with Gasteiger partial charge >= 0.3 is 0 Å². The zero-order valence-corrected chi connectivity index (χ0v) is 10.7. The highest BCUT2D eigenvalue weighted by Gasteiger charge is 2.34. The summed E-state index contributed by atoms with van der Waals surface area (Å²) >= 11 is 0. The predicted octanol–water partition coefficient (Wildman–Crippen LogP) is 2.48. The Morgan fingerprint density at radius 2 is 2.24 bits per heavy atom. The van der Waals surface area contributed by atoms with Crippen LogP contribution in [0.5, 0.6) is 0 Å². The molecule has 17 heavy (non-hydrogen) atoms. The van der Waals surface area contributed by atoms with Gasteiger partial charge in [-0.1, -0.05) is 18.2 Å². The summed E-state index contributed by atoms with van der Waals surface area (Å²) in [6.07, 6.45) is 5.14. The zero-order valence-electron chi connectivity index (χ0n) is 10.7. The van der Waals surface area contributed by atoms with Crippen LogP contribution in [0.4, 0.5) is 5.69 Å². The van der Waals surface area contributed by atoms with Crippen molar-refractivity contribution in [1.82, 2.24) is 0 Å². The molecule has 2 N–H and O–H groups in total.